The molecule has 1 aromatic rings. The molecule has 0 bridgehead atoms. The van der Waals surface area contributed by atoms with Crippen molar-refractivity contribution in [1.82, 2.24) is 4.90 Å². The van der Waals surface area contributed by atoms with Gasteiger partial charge in [0.05, 0.1) is 20.3 Å². The van der Waals surface area contributed by atoms with Gasteiger partial charge in [-0.2, -0.15) is 0 Å². The summed E-state index contributed by atoms with van der Waals surface area (Å²) in [6.07, 6.45) is 1.69. The van der Waals surface area contributed by atoms with Crippen molar-refractivity contribution in [2.24, 2.45) is 0 Å². The van der Waals surface area contributed by atoms with Crippen LogP contribution in [0.2, 0.25) is 0 Å². The minimum Gasteiger partial charge on any atom is -0.497 e. The Morgan fingerprint density at radius 1 is 1.26 bits per heavy atom. The number of carbonyl (C=O) groups excluding carboxylic acids is 1. The van der Waals surface area contributed by atoms with Crippen molar-refractivity contribution in [3.63, 3.8) is 0 Å². The lowest BCUT2D eigenvalue weighted by Crippen LogP contribution is -2.35. The van der Waals surface area contributed by atoms with Gasteiger partial charge in [-0.25, -0.2) is 0 Å². The highest BCUT2D eigenvalue weighted by molar-refractivity contribution is 6.04. The van der Waals surface area contributed by atoms with Crippen LogP contribution in [-0.2, 0) is 4.74 Å². The zero-order valence-corrected chi connectivity index (χ0v) is 11.4. The highest BCUT2D eigenvalue weighted by Gasteiger charge is 2.12. The van der Waals surface area contributed by atoms with Crippen LogP contribution in [0, 0.1) is 0 Å². The second kappa shape index (κ2) is 6.38. The van der Waals surface area contributed by atoms with Crippen LogP contribution in [0.25, 0.3) is 0 Å². The lowest BCUT2D eigenvalue weighted by atomic mass is 10.1. The standard InChI is InChI=1S/C15H19NO3/c1-12(16-7-9-19-10-8-16)11-15(17)13-3-5-14(18-2)6-4-13/h3-6,11H,7-10H2,1-2H3/b12-11+. The Morgan fingerprint density at radius 2 is 1.89 bits per heavy atom. The van der Waals surface area contributed by atoms with Gasteiger partial charge >= 0.3 is 0 Å². The number of rotatable bonds is 4. The molecule has 0 aliphatic carbocycles. The van der Waals surface area contributed by atoms with E-state index in [0.717, 1.165) is 37.7 Å². The molecule has 0 unspecified atom stereocenters. The number of hydrogen-bond donors (Lipinski definition) is 0. The summed E-state index contributed by atoms with van der Waals surface area (Å²) in [7, 11) is 1.61. The van der Waals surface area contributed by atoms with E-state index in [9.17, 15) is 4.79 Å². The monoisotopic (exact) mass is 261 g/mol. The van der Waals surface area contributed by atoms with E-state index in [1.165, 1.54) is 0 Å². The molecule has 4 heteroatoms. The van der Waals surface area contributed by atoms with Crippen LogP contribution in [-0.4, -0.2) is 44.1 Å². The molecule has 0 aromatic heterocycles. The van der Waals surface area contributed by atoms with Crippen LogP contribution >= 0.6 is 0 Å². The molecule has 2 rings (SSSR count). The van der Waals surface area contributed by atoms with Crippen molar-refractivity contribution in [2.75, 3.05) is 33.4 Å². The van der Waals surface area contributed by atoms with Crippen LogP contribution in [0.15, 0.2) is 36.0 Å². The van der Waals surface area contributed by atoms with Crippen LogP contribution in [0.5, 0.6) is 5.75 Å². The number of nitrogens with zero attached hydrogens (tertiary/aromatic N) is 1. The predicted octanol–water partition coefficient (Wildman–Crippen LogP) is 2.11. The second-order valence-electron chi connectivity index (χ2n) is 4.48. The van der Waals surface area contributed by atoms with Crippen LogP contribution in [0.3, 0.4) is 0 Å². The highest BCUT2D eigenvalue weighted by atomic mass is 16.5. The molecule has 0 atom stereocenters. The summed E-state index contributed by atoms with van der Waals surface area (Å²) >= 11 is 0. The Labute approximate surface area is 113 Å². The molecular weight excluding hydrogens is 242 g/mol. The first kappa shape index (κ1) is 13.6. The first-order chi connectivity index (χ1) is 9.20. The summed E-state index contributed by atoms with van der Waals surface area (Å²) < 4.78 is 10.4. The summed E-state index contributed by atoms with van der Waals surface area (Å²) in [5, 5.41) is 0. The van der Waals surface area contributed by atoms with Crippen molar-refractivity contribution in [3.8, 4) is 5.75 Å². The van der Waals surface area contributed by atoms with E-state index < -0.39 is 0 Å². The topological polar surface area (TPSA) is 38.8 Å². The van der Waals surface area contributed by atoms with Crippen LogP contribution < -0.4 is 4.74 Å². The number of ether oxygens (including phenoxy) is 2. The Morgan fingerprint density at radius 3 is 2.47 bits per heavy atom. The van der Waals surface area contributed by atoms with Gasteiger partial charge < -0.3 is 14.4 Å². The molecule has 0 spiro atoms. The fourth-order valence-electron chi connectivity index (χ4n) is 2.04. The third kappa shape index (κ3) is 3.58. The van der Waals surface area contributed by atoms with E-state index in [-0.39, 0.29) is 5.78 Å². The van der Waals surface area contributed by atoms with Crippen molar-refractivity contribution < 1.29 is 14.3 Å². The Kier molecular flexibility index (Phi) is 4.58. The molecule has 0 amide bonds. The smallest absolute Gasteiger partial charge is 0.187 e. The number of ketones is 1. The van der Waals surface area contributed by atoms with Gasteiger partial charge in [-0.3, -0.25) is 4.79 Å². The lowest BCUT2D eigenvalue weighted by Gasteiger charge is -2.29. The first-order valence-corrected chi connectivity index (χ1v) is 6.40. The maximum absolute atomic E-state index is 12.1. The predicted molar refractivity (Wildman–Crippen MR) is 73.5 cm³/mol. The molecule has 0 radical (unpaired) electrons. The molecule has 0 N–H and O–H groups in total. The van der Waals surface area contributed by atoms with Crippen LogP contribution in [0.4, 0.5) is 0 Å². The van der Waals surface area contributed by atoms with Gasteiger partial charge in [0, 0.05) is 30.4 Å². The zero-order chi connectivity index (χ0) is 13.7. The van der Waals surface area contributed by atoms with Crippen LogP contribution in [0.1, 0.15) is 17.3 Å². The third-order valence-corrected chi connectivity index (χ3v) is 3.22. The maximum atomic E-state index is 12.1. The average molecular weight is 261 g/mol. The zero-order valence-electron chi connectivity index (χ0n) is 11.4. The van der Waals surface area contributed by atoms with E-state index in [2.05, 4.69) is 4.90 Å². The molecule has 1 aliphatic rings. The second-order valence-corrected chi connectivity index (χ2v) is 4.48. The lowest BCUT2D eigenvalue weighted by molar-refractivity contribution is 0.0534. The number of hydrogen-bond acceptors (Lipinski definition) is 4. The number of morpholine rings is 1. The average Bonchev–Trinajstić information content (AvgIpc) is 2.48. The molecule has 4 nitrogen and oxygen atoms in total. The Bertz CT molecular complexity index is 459. The van der Waals surface area contributed by atoms with E-state index in [1.54, 1.807) is 37.5 Å². The Balaban J connectivity index is 2.05. The molecule has 19 heavy (non-hydrogen) atoms. The largest absolute Gasteiger partial charge is 0.497 e. The normalized spacial score (nSPS) is 16.3. The summed E-state index contributed by atoms with van der Waals surface area (Å²) in [5.41, 5.74) is 1.66. The molecule has 0 saturated carbocycles. The maximum Gasteiger partial charge on any atom is 0.187 e. The van der Waals surface area contributed by atoms with E-state index in [4.69, 9.17) is 9.47 Å². The van der Waals surface area contributed by atoms with E-state index >= 15 is 0 Å². The van der Waals surface area contributed by atoms with Gasteiger partial charge in [-0.15, -0.1) is 0 Å². The minimum absolute atomic E-state index is 0.0200. The van der Waals surface area contributed by atoms with Gasteiger partial charge in [-0.05, 0) is 31.2 Å². The first-order valence-electron chi connectivity index (χ1n) is 6.40. The number of allylic oxidation sites excluding steroid dienone is 2. The van der Waals surface area contributed by atoms with Gasteiger partial charge in [0.2, 0.25) is 0 Å². The fourth-order valence-corrected chi connectivity index (χ4v) is 2.04. The minimum atomic E-state index is 0.0200. The highest BCUT2D eigenvalue weighted by Crippen LogP contribution is 2.14. The molecule has 1 heterocycles. The number of methoxy groups -OCH3 is 1. The molecule has 1 fully saturated rings. The molecule has 1 aliphatic heterocycles. The Hall–Kier alpha value is -1.81. The van der Waals surface area contributed by atoms with Crippen molar-refractivity contribution >= 4 is 5.78 Å². The van der Waals surface area contributed by atoms with E-state index in [0.29, 0.717) is 5.56 Å². The fraction of sp³-hybridized carbons (Fsp3) is 0.400. The molecule has 1 saturated heterocycles. The molecule has 102 valence electrons. The van der Waals surface area contributed by atoms with Crippen molar-refractivity contribution in [3.05, 3.63) is 41.6 Å². The molecule has 1 aromatic carbocycles. The quantitative estimate of drug-likeness (QED) is 0.614. The van der Waals surface area contributed by atoms with E-state index in [1.807, 2.05) is 6.92 Å². The van der Waals surface area contributed by atoms with Gasteiger partial charge in [0.1, 0.15) is 5.75 Å². The van der Waals surface area contributed by atoms with Gasteiger partial charge in [0.25, 0.3) is 0 Å². The van der Waals surface area contributed by atoms with Crippen molar-refractivity contribution in [2.45, 2.75) is 6.92 Å². The summed E-state index contributed by atoms with van der Waals surface area (Å²) in [4.78, 5) is 14.3. The third-order valence-electron chi connectivity index (χ3n) is 3.22. The summed E-state index contributed by atoms with van der Waals surface area (Å²) in [5.74, 6) is 0.775. The van der Waals surface area contributed by atoms with Gasteiger partial charge in [-0.1, -0.05) is 0 Å². The molecular formula is C15H19NO3. The van der Waals surface area contributed by atoms with Crippen molar-refractivity contribution in [1.29, 1.82) is 0 Å². The number of benzene rings is 1. The number of carbonyl (C=O) groups is 1. The summed E-state index contributed by atoms with van der Waals surface area (Å²) in [6, 6.07) is 7.16. The summed E-state index contributed by atoms with van der Waals surface area (Å²) in [6.45, 7) is 5.10. The SMILES string of the molecule is COc1ccc(C(=O)/C=C(\C)N2CCOCC2)cc1. The van der Waals surface area contributed by atoms with Gasteiger partial charge in [0.15, 0.2) is 5.78 Å².